The fourth-order valence-corrected chi connectivity index (χ4v) is 4.76. The van der Waals surface area contributed by atoms with E-state index < -0.39 is 17.6 Å². The minimum atomic E-state index is -4.57. The van der Waals surface area contributed by atoms with Crippen molar-refractivity contribution < 1.29 is 18.0 Å². The van der Waals surface area contributed by atoms with Crippen LogP contribution in [-0.4, -0.2) is 58.5 Å². The molecule has 1 N–H and O–H groups in total. The summed E-state index contributed by atoms with van der Waals surface area (Å²) in [6.45, 7) is 5.12. The second-order valence-corrected chi connectivity index (χ2v) is 10.2. The summed E-state index contributed by atoms with van der Waals surface area (Å²) in [6, 6.07) is 14.9. The average molecular weight is 546 g/mol. The predicted octanol–water partition coefficient (Wildman–Crippen LogP) is 5.30. The van der Waals surface area contributed by atoms with Crippen LogP contribution in [0.15, 0.2) is 60.9 Å². The number of imidazole rings is 1. The number of anilines is 1. The smallest absolute Gasteiger partial charge is 0.334 e. The number of hydrogen-bond donors (Lipinski definition) is 1. The number of likely N-dealkylation sites (N-methyl/N-ethyl adjacent to an activating group) is 1. The highest BCUT2D eigenvalue weighted by Crippen LogP contribution is 2.34. The van der Waals surface area contributed by atoms with E-state index >= 15 is 0 Å². The molecule has 0 atom stereocenters. The van der Waals surface area contributed by atoms with Gasteiger partial charge >= 0.3 is 6.18 Å². The Labute approximate surface area is 231 Å². The predicted molar refractivity (Wildman–Crippen MR) is 150 cm³/mol. The van der Waals surface area contributed by atoms with E-state index in [1.165, 1.54) is 12.1 Å². The Balaban J connectivity index is 1.34. The third-order valence-corrected chi connectivity index (χ3v) is 7.23. The van der Waals surface area contributed by atoms with Gasteiger partial charge in [0.2, 0.25) is 0 Å². The number of halogens is 3. The first-order valence-electron chi connectivity index (χ1n) is 13.0. The molecule has 3 aromatic carbocycles. The molecule has 9 heteroatoms. The number of fused-ring (bicyclic) bond motifs is 1. The van der Waals surface area contributed by atoms with E-state index in [2.05, 4.69) is 27.0 Å². The van der Waals surface area contributed by atoms with Gasteiger partial charge in [0.25, 0.3) is 5.91 Å². The van der Waals surface area contributed by atoms with Gasteiger partial charge in [0, 0.05) is 62.1 Å². The van der Waals surface area contributed by atoms with Crippen LogP contribution in [-0.2, 0) is 19.8 Å². The molecule has 4 aromatic rings. The first-order valence-corrected chi connectivity index (χ1v) is 13.0. The number of amides is 1. The van der Waals surface area contributed by atoms with Gasteiger partial charge in [0.1, 0.15) is 0 Å². The summed E-state index contributed by atoms with van der Waals surface area (Å²) in [5.74, 6) is 5.67. The highest BCUT2D eigenvalue weighted by atomic mass is 19.4. The van der Waals surface area contributed by atoms with Gasteiger partial charge < -0.3 is 14.8 Å². The highest BCUT2D eigenvalue weighted by molar-refractivity contribution is 6.04. The topological polar surface area (TPSA) is 53.4 Å². The van der Waals surface area contributed by atoms with Crippen LogP contribution in [0.4, 0.5) is 18.9 Å². The van der Waals surface area contributed by atoms with Crippen LogP contribution in [0.3, 0.4) is 0 Å². The van der Waals surface area contributed by atoms with E-state index in [9.17, 15) is 18.0 Å². The molecule has 1 amide bonds. The van der Waals surface area contributed by atoms with E-state index in [1.54, 1.807) is 18.5 Å². The number of carbonyl (C=O) groups excluding carboxylic acids is 1. The lowest BCUT2D eigenvalue weighted by atomic mass is 10.0. The second-order valence-electron chi connectivity index (χ2n) is 10.2. The molecule has 2 heterocycles. The number of rotatable bonds is 4. The Bertz CT molecular complexity index is 1620. The molecule has 0 radical (unpaired) electrons. The molecule has 0 bridgehead atoms. The highest BCUT2D eigenvalue weighted by Gasteiger charge is 2.34. The molecule has 5 rings (SSSR count). The summed E-state index contributed by atoms with van der Waals surface area (Å²) in [4.78, 5) is 21.5. The molecule has 40 heavy (non-hydrogen) atoms. The molecule has 0 saturated carbocycles. The van der Waals surface area contributed by atoms with Crippen molar-refractivity contribution in [1.29, 1.82) is 0 Å². The first kappa shape index (κ1) is 27.4. The molecule has 0 spiro atoms. The van der Waals surface area contributed by atoms with Gasteiger partial charge in [-0.15, -0.1) is 0 Å². The molecule has 1 saturated heterocycles. The summed E-state index contributed by atoms with van der Waals surface area (Å²) >= 11 is 0. The van der Waals surface area contributed by atoms with Crippen molar-refractivity contribution in [2.45, 2.75) is 19.6 Å². The molecule has 0 aliphatic carbocycles. The molecule has 1 aromatic heterocycles. The summed E-state index contributed by atoms with van der Waals surface area (Å²) in [5, 5.41) is 2.73. The van der Waals surface area contributed by atoms with E-state index in [-0.39, 0.29) is 17.7 Å². The zero-order valence-electron chi connectivity index (χ0n) is 22.6. The SMILES string of the molecule is Cc1ccc(NC(=O)c2ccc(CN3CCN(C)CC3)c(C(F)(F)F)c2)cc1C#Cc1ccc2c(c1)ncn2C. The van der Waals surface area contributed by atoms with Crippen molar-refractivity contribution >= 4 is 22.6 Å². The molecular formula is C31H30F3N5O. The third-order valence-electron chi connectivity index (χ3n) is 7.23. The van der Waals surface area contributed by atoms with E-state index in [1.807, 2.05) is 54.8 Å². The zero-order chi connectivity index (χ0) is 28.4. The normalized spacial score (nSPS) is 14.7. The van der Waals surface area contributed by atoms with Crippen LogP contribution in [0.1, 0.15) is 38.2 Å². The number of nitrogens with one attached hydrogen (secondary N) is 1. The fraction of sp³-hybridized carbons (Fsp3) is 0.290. The Morgan fingerprint density at radius 1 is 0.975 bits per heavy atom. The third kappa shape index (κ3) is 6.19. The molecular weight excluding hydrogens is 515 g/mol. The van der Waals surface area contributed by atoms with Crippen LogP contribution >= 0.6 is 0 Å². The molecule has 0 unspecified atom stereocenters. The number of nitrogens with zero attached hydrogens (tertiary/aromatic N) is 4. The first-order chi connectivity index (χ1) is 19.1. The van der Waals surface area contributed by atoms with Crippen LogP contribution in [0, 0.1) is 18.8 Å². The molecule has 1 aliphatic rings. The van der Waals surface area contributed by atoms with Crippen molar-refractivity contribution in [3.8, 4) is 11.8 Å². The number of alkyl halides is 3. The molecule has 6 nitrogen and oxygen atoms in total. The van der Waals surface area contributed by atoms with Crippen molar-refractivity contribution in [3.63, 3.8) is 0 Å². The van der Waals surface area contributed by atoms with Crippen molar-refractivity contribution in [2.24, 2.45) is 7.05 Å². The van der Waals surface area contributed by atoms with Gasteiger partial charge in [-0.3, -0.25) is 9.69 Å². The molecule has 206 valence electrons. The van der Waals surface area contributed by atoms with Crippen LogP contribution in [0.2, 0.25) is 0 Å². The molecule has 1 aliphatic heterocycles. The van der Waals surface area contributed by atoms with Crippen molar-refractivity contribution in [1.82, 2.24) is 19.4 Å². The van der Waals surface area contributed by atoms with Crippen LogP contribution in [0.5, 0.6) is 0 Å². The summed E-state index contributed by atoms with van der Waals surface area (Å²) in [6.07, 6.45) is -2.82. The quantitative estimate of drug-likeness (QED) is 0.354. The van der Waals surface area contributed by atoms with E-state index in [0.29, 0.717) is 24.3 Å². The van der Waals surface area contributed by atoms with Gasteiger partial charge in [-0.2, -0.15) is 13.2 Å². The lowest BCUT2D eigenvalue weighted by molar-refractivity contribution is -0.138. The minimum absolute atomic E-state index is 0.0497. The number of hydrogen-bond acceptors (Lipinski definition) is 4. The van der Waals surface area contributed by atoms with Gasteiger partial charge in [0.15, 0.2) is 0 Å². The van der Waals surface area contributed by atoms with Crippen LogP contribution < -0.4 is 5.32 Å². The number of piperazine rings is 1. The van der Waals surface area contributed by atoms with Gasteiger partial charge in [-0.25, -0.2) is 4.98 Å². The lowest BCUT2D eigenvalue weighted by Crippen LogP contribution is -2.44. The Hall–Kier alpha value is -4.13. The van der Waals surface area contributed by atoms with Crippen molar-refractivity contribution in [2.75, 3.05) is 38.5 Å². The van der Waals surface area contributed by atoms with Gasteiger partial charge in [-0.05, 0) is 67.6 Å². The van der Waals surface area contributed by atoms with Gasteiger partial charge in [0.05, 0.1) is 22.9 Å². The Morgan fingerprint density at radius 2 is 1.75 bits per heavy atom. The Morgan fingerprint density at radius 3 is 2.50 bits per heavy atom. The number of benzene rings is 3. The van der Waals surface area contributed by atoms with Crippen molar-refractivity contribution in [3.05, 3.63) is 94.3 Å². The Kier molecular flexibility index (Phi) is 7.66. The fourth-order valence-electron chi connectivity index (χ4n) is 4.76. The number of aromatic nitrogens is 2. The number of aryl methyl sites for hydroxylation is 2. The second kappa shape index (κ2) is 11.2. The maximum atomic E-state index is 14.0. The summed E-state index contributed by atoms with van der Waals surface area (Å²) < 4.78 is 43.8. The maximum Gasteiger partial charge on any atom is 0.416 e. The largest absolute Gasteiger partial charge is 0.416 e. The molecule has 1 fully saturated rings. The standard InChI is InChI=1S/C31H30F3N5O/c1-21-4-10-26(17-23(21)7-5-22-6-11-29-28(16-22)35-20-38(29)3)36-30(40)24-8-9-25(27(18-24)31(32,33)34)19-39-14-12-37(2)13-15-39/h4,6,8-11,16-18,20H,12-15,19H2,1-3H3,(H,36,40). The maximum absolute atomic E-state index is 14.0. The average Bonchev–Trinajstić information content (AvgIpc) is 3.29. The summed E-state index contributed by atoms with van der Waals surface area (Å²) in [7, 11) is 3.93. The zero-order valence-corrected chi connectivity index (χ0v) is 22.6. The van der Waals surface area contributed by atoms with E-state index in [4.69, 9.17) is 0 Å². The minimum Gasteiger partial charge on any atom is -0.334 e. The monoisotopic (exact) mass is 545 g/mol. The summed E-state index contributed by atoms with van der Waals surface area (Å²) in [5.41, 5.74) is 4.07. The lowest BCUT2D eigenvalue weighted by Gasteiger charge is -2.33. The van der Waals surface area contributed by atoms with Crippen LogP contribution in [0.25, 0.3) is 11.0 Å². The van der Waals surface area contributed by atoms with Gasteiger partial charge in [-0.1, -0.05) is 24.0 Å². The van der Waals surface area contributed by atoms with E-state index in [0.717, 1.165) is 41.3 Å². The number of carbonyl (C=O) groups is 1.